The number of carbonyl (C=O) groups excluding carboxylic acids is 1. The molecule has 2 aromatic heterocycles. The van der Waals surface area contributed by atoms with Gasteiger partial charge in [0, 0.05) is 29.9 Å². The molecule has 0 radical (unpaired) electrons. The minimum Gasteiger partial charge on any atom is -0.324 e. The number of nitrogens with one attached hydrogen (secondary N) is 2. The maximum atomic E-state index is 12.6. The molecule has 0 spiro atoms. The number of aromatic nitrogens is 3. The monoisotopic (exact) mass is 393 g/mol. The van der Waals surface area contributed by atoms with Gasteiger partial charge in [0.2, 0.25) is 5.91 Å². The number of fused-ring (bicyclic) bond motifs is 1. The first-order valence-electron chi connectivity index (χ1n) is 8.15. The van der Waals surface area contributed by atoms with Gasteiger partial charge in [-0.3, -0.25) is 9.48 Å². The van der Waals surface area contributed by atoms with Gasteiger partial charge in [-0.25, -0.2) is 4.98 Å². The molecule has 3 rings (SSSR count). The van der Waals surface area contributed by atoms with Gasteiger partial charge in [-0.05, 0) is 25.2 Å². The van der Waals surface area contributed by atoms with E-state index in [4.69, 9.17) is 0 Å². The van der Waals surface area contributed by atoms with Crippen molar-refractivity contribution in [3.8, 4) is 0 Å². The lowest BCUT2D eigenvalue weighted by atomic mass is 9.98. The van der Waals surface area contributed by atoms with E-state index in [1.807, 2.05) is 31.4 Å². The molecule has 0 bridgehead atoms. The minimum atomic E-state index is -0.448. The molecule has 0 aliphatic heterocycles. The molecule has 0 saturated heterocycles. The summed E-state index contributed by atoms with van der Waals surface area (Å²) >= 11 is 1.67. The van der Waals surface area contributed by atoms with Crippen LogP contribution in [-0.2, 0) is 17.3 Å². The standard InChI is InChI=1S/C18H23N5OS.ClH/c1-18(2,3)17-22-13-7-6-12(8-14(13)25-17)21-16(24)15(19-4)11-9-20-23(5)10-11;/h6-10,15,19H,1-5H3,(H,21,24);1H. The van der Waals surface area contributed by atoms with Crippen LogP contribution in [0.15, 0.2) is 30.6 Å². The predicted molar refractivity (Wildman–Crippen MR) is 109 cm³/mol. The first-order valence-corrected chi connectivity index (χ1v) is 8.97. The summed E-state index contributed by atoms with van der Waals surface area (Å²) in [5, 5.41) is 11.2. The lowest BCUT2D eigenvalue weighted by Crippen LogP contribution is -2.30. The van der Waals surface area contributed by atoms with Gasteiger partial charge in [-0.1, -0.05) is 20.8 Å². The molecule has 140 valence electrons. The normalized spacial score (nSPS) is 12.7. The number of carbonyl (C=O) groups is 1. The maximum Gasteiger partial charge on any atom is 0.246 e. The van der Waals surface area contributed by atoms with Crippen LogP contribution in [0.25, 0.3) is 10.2 Å². The molecule has 26 heavy (non-hydrogen) atoms. The summed E-state index contributed by atoms with van der Waals surface area (Å²) in [5.74, 6) is -0.115. The van der Waals surface area contributed by atoms with E-state index in [2.05, 4.69) is 41.5 Å². The summed E-state index contributed by atoms with van der Waals surface area (Å²) in [6.45, 7) is 6.45. The van der Waals surface area contributed by atoms with Gasteiger partial charge >= 0.3 is 0 Å². The van der Waals surface area contributed by atoms with Crippen molar-refractivity contribution < 1.29 is 4.79 Å². The van der Waals surface area contributed by atoms with Crippen molar-refractivity contribution >= 4 is 45.6 Å². The number of aryl methyl sites for hydroxylation is 1. The van der Waals surface area contributed by atoms with Crippen LogP contribution in [0.2, 0.25) is 0 Å². The van der Waals surface area contributed by atoms with Gasteiger partial charge in [0.25, 0.3) is 0 Å². The quantitative estimate of drug-likeness (QED) is 0.709. The van der Waals surface area contributed by atoms with E-state index in [0.29, 0.717) is 0 Å². The van der Waals surface area contributed by atoms with Crippen molar-refractivity contribution in [2.45, 2.75) is 32.2 Å². The predicted octanol–water partition coefficient (Wildman–Crippen LogP) is 3.65. The smallest absolute Gasteiger partial charge is 0.246 e. The third-order valence-corrected chi connectivity index (χ3v) is 5.35. The van der Waals surface area contributed by atoms with Crippen LogP contribution >= 0.6 is 23.7 Å². The van der Waals surface area contributed by atoms with Crippen LogP contribution in [-0.4, -0.2) is 27.7 Å². The number of amides is 1. The van der Waals surface area contributed by atoms with Crippen molar-refractivity contribution in [2.24, 2.45) is 7.05 Å². The van der Waals surface area contributed by atoms with Gasteiger partial charge in [0.05, 0.1) is 21.4 Å². The van der Waals surface area contributed by atoms with Crippen LogP contribution in [0.3, 0.4) is 0 Å². The summed E-state index contributed by atoms with van der Waals surface area (Å²) in [5.41, 5.74) is 2.58. The van der Waals surface area contributed by atoms with E-state index < -0.39 is 6.04 Å². The Hall–Kier alpha value is -1.96. The van der Waals surface area contributed by atoms with Crippen LogP contribution in [0, 0.1) is 0 Å². The molecule has 0 aliphatic carbocycles. The zero-order valence-corrected chi connectivity index (χ0v) is 17.2. The molecule has 1 amide bonds. The highest BCUT2D eigenvalue weighted by Gasteiger charge is 2.21. The maximum absolute atomic E-state index is 12.6. The Kier molecular flexibility index (Phi) is 6.05. The van der Waals surface area contributed by atoms with Crippen LogP contribution < -0.4 is 10.6 Å². The largest absolute Gasteiger partial charge is 0.324 e. The Morgan fingerprint density at radius 1 is 1.31 bits per heavy atom. The molecule has 8 heteroatoms. The second kappa shape index (κ2) is 7.73. The van der Waals surface area contributed by atoms with Crippen molar-refractivity contribution in [2.75, 3.05) is 12.4 Å². The van der Waals surface area contributed by atoms with Gasteiger partial charge in [-0.15, -0.1) is 23.7 Å². The number of likely N-dealkylation sites (N-methyl/N-ethyl adjacent to an activating group) is 1. The fourth-order valence-electron chi connectivity index (χ4n) is 2.58. The van der Waals surface area contributed by atoms with E-state index in [1.54, 1.807) is 29.3 Å². The van der Waals surface area contributed by atoms with E-state index in [-0.39, 0.29) is 23.7 Å². The third kappa shape index (κ3) is 4.23. The minimum absolute atomic E-state index is 0. The van der Waals surface area contributed by atoms with Gasteiger partial charge in [-0.2, -0.15) is 5.10 Å². The average Bonchev–Trinajstić information content (AvgIpc) is 3.13. The van der Waals surface area contributed by atoms with Crippen molar-refractivity contribution in [3.05, 3.63) is 41.2 Å². The number of nitrogens with zero attached hydrogens (tertiary/aromatic N) is 3. The Balaban J connectivity index is 0.00000243. The van der Waals surface area contributed by atoms with Crippen LogP contribution in [0.1, 0.15) is 37.4 Å². The first kappa shape index (κ1) is 20.4. The third-order valence-electron chi connectivity index (χ3n) is 3.91. The number of benzene rings is 1. The molecule has 2 N–H and O–H groups in total. The second-order valence-corrected chi connectivity index (χ2v) is 8.14. The van der Waals surface area contributed by atoms with E-state index in [0.717, 1.165) is 26.5 Å². The van der Waals surface area contributed by atoms with Gasteiger partial charge in [0.1, 0.15) is 6.04 Å². The summed E-state index contributed by atoms with van der Waals surface area (Å²) in [6, 6.07) is 5.38. The zero-order chi connectivity index (χ0) is 18.2. The zero-order valence-electron chi connectivity index (χ0n) is 15.5. The summed E-state index contributed by atoms with van der Waals surface area (Å²) in [4.78, 5) is 17.3. The van der Waals surface area contributed by atoms with Crippen LogP contribution in [0.5, 0.6) is 0 Å². The molecule has 1 atom stereocenters. The molecule has 0 fully saturated rings. The average molecular weight is 394 g/mol. The Labute approximate surface area is 163 Å². The lowest BCUT2D eigenvalue weighted by Gasteiger charge is -2.14. The summed E-state index contributed by atoms with van der Waals surface area (Å²) in [7, 11) is 3.60. The molecule has 0 aliphatic rings. The Morgan fingerprint density at radius 2 is 2.04 bits per heavy atom. The lowest BCUT2D eigenvalue weighted by molar-refractivity contribution is -0.118. The number of rotatable bonds is 4. The molecule has 3 aromatic rings. The number of halogens is 1. The number of hydrogen-bond acceptors (Lipinski definition) is 5. The van der Waals surface area contributed by atoms with E-state index in [9.17, 15) is 4.79 Å². The Morgan fingerprint density at radius 3 is 2.62 bits per heavy atom. The fourth-order valence-corrected chi connectivity index (χ4v) is 3.64. The van der Waals surface area contributed by atoms with Crippen molar-refractivity contribution in [1.29, 1.82) is 0 Å². The molecule has 1 unspecified atom stereocenters. The van der Waals surface area contributed by atoms with Crippen LogP contribution in [0.4, 0.5) is 5.69 Å². The SMILES string of the molecule is CNC(C(=O)Nc1ccc2nc(C(C)(C)C)sc2c1)c1cnn(C)c1.Cl. The second-order valence-electron chi connectivity index (χ2n) is 7.11. The number of anilines is 1. The van der Waals surface area contributed by atoms with Crippen molar-refractivity contribution in [1.82, 2.24) is 20.1 Å². The summed E-state index contributed by atoms with van der Waals surface area (Å²) in [6.07, 6.45) is 3.53. The summed E-state index contributed by atoms with van der Waals surface area (Å²) < 4.78 is 2.76. The van der Waals surface area contributed by atoms with E-state index in [1.165, 1.54) is 0 Å². The highest BCUT2D eigenvalue weighted by Crippen LogP contribution is 2.32. The molecule has 6 nitrogen and oxygen atoms in total. The van der Waals surface area contributed by atoms with Gasteiger partial charge in [0.15, 0.2) is 0 Å². The number of hydrogen-bond donors (Lipinski definition) is 2. The fraction of sp³-hybridized carbons (Fsp3) is 0.389. The topological polar surface area (TPSA) is 71.8 Å². The van der Waals surface area contributed by atoms with Gasteiger partial charge < -0.3 is 10.6 Å². The molecular weight excluding hydrogens is 370 g/mol. The molecule has 2 heterocycles. The molecular formula is C18H24ClN5OS. The highest BCUT2D eigenvalue weighted by molar-refractivity contribution is 7.18. The Bertz CT molecular complexity index is 912. The molecule has 1 aromatic carbocycles. The molecule has 0 saturated carbocycles. The highest BCUT2D eigenvalue weighted by atomic mass is 35.5. The van der Waals surface area contributed by atoms with E-state index >= 15 is 0 Å². The number of thiazole rings is 1. The van der Waals surface area contributed by atoms with Crippen molar-refractivity contribution in [3.63, 3.8) is 0 Å². The first-order chi connectivity index (χ1) is 11.8.